The molecule has 1 amide bonds. The number of nitrogens with zero attached hydrogens (tertiary/aromatic N) is 1. The van der Waals surface area contributed by atoms with E-state index in [9.17, 15) is 4.79 Å². The van der Waals surface area contributed by atoms with Gasteiger partial charge in [-0.3, -0.25) is 4.79 Å². The Bertz CT molecular complexity index is 403. The molecule has 5 nitrogen and oxygen atoms in total. The van der Waals surface area contributed by atoms with Gasteiger partial charge in [0.1, 0.15) is 6.10 Å². The lowest BCUT2D eigenvalue weighted by Crippen LogP contribution is -2.34. The Morgan fingerprint density at radius 1 is 1.58 bits per heavy atom. The van der Waals surface area contributed by atoms with Gasteiger partial charge in [0.15, 0.2) is 0 Å². The summed E-state index contributed by atoms with van der Waals surface area (Å²) in [5.41, 5.74) is 5.50. The number of carbonyl (C=O) groups is 1. The SMILES string of the molecule is Cc1ncc(CNC(=O)[C@@H]2CC[C@H](CN)O2)s1.Cl.Cl. The summed E-state index contributed by atoms with van der Waals surface area (Å²) in [6.45, 7) is 2.96. The first-order valence-corrected chi connectivity index (χ1v) is 6.55. The van der Waals surface area contributed by atoms with Crippen molar-refractivity contribution in [3.8, 4) is 0 Å². The Morgan fingerprint density at radius 3 is 2.84 bits per heavy atom. The maximum atomic E-state index is 11.8. The number of hydrogen-bond acceptors (Lipinski definition) is 5. The predicted molar refractivity (Wildman–Crippen MR) is 80.1 cm³/mol. The van der Waals surface area contributed by atoms with E-state index in [1.807, 2.05) is 6.92 Å². The highest BCUT2D eigenvalue weighted by atomic mass is 35.5. The largest absolute Gasteiger partial charge is 0.364 e. The molecule has 19 heavy (non-hydrogen) atoms. The van der Waals surface area contributed by atoms with E-state index in [2.05, 4.69) is 10.3 Å². The van der Waals surface area contributed by atoms with Gasteiger partial charge in [0.25, 0.3) is 0 Å². The van der Waals surface area contributed by atoms with Gasteiger partial charge in [0.05, 0.1) is 17.7 Å². The maximum Gasteiger partial charge on any atom is 0.249 e. The van der Waals surface area contributed by atoms with Crippen molar-refractivity contribution in [1.29, 1.82) is 0 Å². The van der Waals surface area contributed by atoms with Crippen LogP contribution in [0.15, 0.2) is 6.20 Å². The van der Waals surface area contributed by atoms with Gasteiger partial charge in [-0.2, -0.15) is 0 Å². The molecule has 0 radical (unpaired) electrons. The number of hydrogen-bond donors (Lipinski definition) is 2. The molecule has 0 unspecified atom stereocenters. The van der Waals surface area contributed by atoms with Crippen molar-refractivity contribution in [2.75, 3.05) is 6.54 Å². The van der Waals surface area contributed by atoms with Crippen LogP contribution >= 0.6 is 36.2 Å². The van der Waals surface area contributed by atoms with Crippen LogP contribution in [0.5, 0.6) is 0 Å². The molecule has 1 fully saturated rings. The minimum Gasteiger partial charge on any atom is -0.364 e. The molecule has 1 aromatic heterocycles. The van der Waals surface area contributed by atoms with Crippen LogP contribution in [-0.2, 0) is 16.1 Å². The Balaban J connectivity index is 0.00000162. The number of ether oxygens (including phenoxy) is 1. The lowest BCUT2D eigenvalue weighted by molar-refractivity contribution is -0.132. The summed E-state index contributed by atoms with van der Waals surface area (Å²) in [5.74, 6) is -0.0491. The third-order valence-corrected chi connectivity index (χ3v) is 3.68. The maximum absolute atomic E-state index is 11.8. The highest BCUT2D eigenvalue weighted by Gasteiger charge is 2.29. The lowest BCUT2D eigenvalue weighted by Gasteiger charge is -2.11. The summed E-state index contributed by atoms with van der Waals surface area (Å²) in [5, 5.41) is 3.87. The minimum atomic E-state index is -0.336. The van der Waals surface area contributed by atoms with Crippen molar-refractivity contribution in [3.63, 3.8) is 0 Å². The first-order chi connectivity index (χ1) is 8.19. The van der Waals surface area contributed by atoms with E-state index < -0.39 is 0 Å². The monoisotopic (exact) mass is 327 g/mol. The minimum absolute atomic E-state index is 0. The molecular weight excluding hydrogens is 309 g/mol. The van der Waals surface area contributed by atoms with E-state index in [4.69, 9.17) is 10.5 Å². The van der Waals surface area contributed by atoms with E-state index in [1.165, 1.54) is 0 Å². The first-order valence-electron chi connectivity index (χ1n) is 5.73. The molecule has 1 aliphatic rings. The fourth-order valence-electron chi connectivity index (χ4n) is 1.85. The van der Waals surface area contributed by atoms with Crippen LogP contribution in [0.4, 0.5) is 0 Å². The second kappa shape index (κ2) is 8.71. The molecule has 1 aromatic rings. The number of halogens is 2. The van der Waals surface area contributed by atoms with Crippen LogP contribution in [0, 0.1) is 6.92 Å². The number of rotatable bonds is 4. The zero-order valence-electron chi connectivity index (χ0n) is 10.6. The Kier molecular flexibility index (Phi) is 8.52. The predicted octanol–water partition coefficient (Wildman–Crippen LogP) is 1.42. The van der Waals surface area contributed by atoms with Gasteiger partial charge >= 0.3 is 0 Å². The normalized spacial score (nSPS) is 21.4. The van der Waals surface area contributed by atoms with Crippen LogP contribution in [0.2, 0.25) is 0 Å². The van der Waals surface area contributed by atoms with E-state index in [1.54, 1.807) is 17.5 Å². The van der Waals surface area contributed by atoms with Crippen LogP contribution in [0.25, 0.3) is 0 Å². The molecule has 0 aliphatic carbocycles. The topological polar surface area (TPSA) is 77.2 Å². The summed E-state index contributed by atoms with van der Waals surface area (Å²) >= 11 is 1.59. The highest BCUT2D eigenvalue weighted by Crippen LogP contribution is 2.19. The average Bonchev–Trinajstić information content (AvgIpc) is 2.94. The number of nitrogens with two attached hydrogens (primary N) is 1. The van der Waals surface area contributed by atoms with Gasteiger partial charge in [0, 0.05) is 17.6 Å². The van der Waals surface area contributed by atoms with E-state index in [-0.39, 0.29) is 42.9 Å². The van der Waals surface area contributed by atoms with Crippen LogP contribution in [0.1, 0.15) is 22.7 Å². The van der Waals surface area contributed by atoms with Gasteiger partial charge in [0.2, 0.25) is 5.91 Å². The Labute approximate surface area is 129 Å². The van der Waals surface area contributed by atoms with E-state index >= 15 is 0 Å². The number of amides is 1. The number of carbonyl (C=O) groups excluding carboxylic acids is 1. The summed E-state index contributed by atoms with van der Waals surface area (Å²) in [6.07, 6.45) is 3.12. The second-order valence-corrected chi connectivity index (χ2v) is 5.44. The molecule has 0 bridgehead atoms. The summed E-state index contributed by atoms with van der Waals surface area (Å²) < 4.78 is 5.52. The number of nitrogens with one attached hydrogen (secondary N) is 1. The number of aromatic nitrogens is 1. The third-order valence-electron chi connectivity index (χ3n) is 2.77. The molecule has 0 saturated carbocycles. The van der Waals surface area contributed by atoms with Gasteiger partial charge in [-0.25, -0.2) is 4.98 Å². The molecule has 0 aromatic carbocycles. The van der Waals surface area contributed by atoms with Gasteiger partial charge < -0.3 is 15.8 Å². The molecule has 3 N–H and O–H groups in total. The molecule has 2 heterocycles. The van der Waals surface area contributed by atoms with Crippen LogP contribution < -0.4 is 11.1 Å². The fraction of sp³-hybridized carbons (Fsp3) is 0.636. The third kappa shape index (κ3) is 5.24. The van der Waals surface area contributed by atoms with Crippen LogP contribution in [-0.4, -0.2) is 29.6 Å². The fourth-order valence-corrected chi connectivity index (χ4v) is 2.58. The molecule has 2 atom stereocenters. The van der Waals surface area contributed by atoms with E-state index in [0.29, 0.717) is 13.1 Å². The van der Waals surface area contributed by atoms with Crippen molar-refractivity contribution >= 4 is 42.1 Å². The first kappa shape index (κ1) is 18.6. The van der Waals surface area contributed by atoms with Crippen molar-refractivity contribution in [2.24, 2.45) is 5.73 Å². The summed E-state index contributed by atoms with van der Waals surface area (Å²) in [7, 11) is 0. The van der Waals surface area contributed by atoms with E-state index in [0.717, 1.165) is 22.7 Å². The lowest BCUT2D eigenvalue weighted by atomic mass is 10.2. The van der Waals surface area contributed by atoms with Gasteiger partial charge in [-0.15, -0.1) is 36.2 Å². The van der Waals surface area contributed by atoms with Gasteiger partial charge in [-0.05, 0) is 19.8 Å². The second-order valence-electron chi connectivity index (χ2n) is 4.12. The zero-order valence-corrected chi connectivity index (χ0v) is 13.1. The van der Waals surface area contributed by atoms with Crippen molar-refractivity contribution in [3.05, 3.63) is 16.1 Å². The molecule has 1 saturated heterocycles. The summed E-state index contributed by atoms with van der Waals surface area (Å²) in [6, 6.07) is 0. The molecular formula is C11H19Cl2N3O2S. The van der Waals surface area contributed by atoms with Crippen molar-refractivity contribution in [2.45, 2.75) is 38.5 Å². The smallest absolute Gasteiger partial charge is 0.249 e. The highest BCUT2D eigenvalue weighted by molar-refractivity contribution is 7.11. The standard InChI is InChI=1S/C11H17N3O2S.2ClH/c1-7-13-5-9(17-7)6-14-11(15)10-3-2-8(4-12)16-10;;/h5,8,10H,2-4,6,12H2,1H3,(H,14,15);2*1H/t8-,10+;;/m1../s1. The van der Waals surface area contributed by atoms with Crippen molar-refractivity contribution in [1.82, 2.24) is 10.3 Å². The average molecular weight is 328 g/mol. The Morgan fingerprint density at radius 2 is 2.32 bits per heavy atom. The quantitative estimate of drug-likeness (QED) is 0.876. The molecule has 2 rings (SSSR count). The molecule has 110 valence electrons. The molecule has 8 heteroatoms. The summed E-state index contributed by atoms with van der Waals surface area (Å²) in [4.78, 5) is 17.0. The van der Waals surface area contributed by atoms with Gasteiger partial charge in [-0.1, -0.05) is 0 Å². The Hall–Kier alpha value is -0.400. The van der Waals surface area contributed by atoms with Crippen molar-refractivity contribution < 1.29 is 9.53 Å². The number of thiazole rings is 1. The number of aryl methyl sites for hydroxylation is 1. The molecule has 1 aliphatic heterocycles. The van der Waals surface area contributed by atoms with Crippen LogP contribution in [0.3, 0.4) is 0 Å². The zero-order chi connectivity index (χ0) is 12.3. The molecule has 0 spiro atoms.